The van der Waals surface area contributed by atoms with Crippen molar-refractivity contribution >= 4 is 5.91 Å². The minimum atomic E-state index is -0.242. The zero-order valence-electron chi connectivity index (χ0n) is 15.1. The van der Waals surface area contributed by atoms with Gasteiger partial charge in [0.05, 0.1) is 30.7 Å². The minimum Gasteiger partial charge on any atom is -0.497 e. The van der Waals surface area contributed by atoms with E-state index in [1.807, 2.05) is 35.1 Å². The first-order valence-electron chi connectivity index (χ1n) is 8.38. The highest BCUT2D eigenvalue weighted by molar-refractivity contribution is 5.93. The molecule has 2 aromatic rings. The molecule has 1 atom stereocenters. The number of nitrogens with one attached hydrogen (secondary N) is 1. The highest BCUT2D eigenvalue weighted by atomic mass is 16.5. The molecule has 1 aliphatic rings. The van der Waals surface area contributed by atoms with E-state index in [9.17, 15) is 4.79 Å². The summed E-state index contributed by atoms with van der Waals surface area (Å²) in [4.78, 5) is 12.0. The Bertz CT molecular complexity index is 838. The van der Waals surface area contributed by atoms with Crippen LogP contribution in [0.3, 0.4) is 0 Å². The van der Waals surface area contributed by atoms with Crippen LogP contribution in [0.2, 0.25) is 0 Å². The van der Waals surface area contributed by atoms with Gasteiger partial charge in [-0.25, -0.2) is 4.68 Å². The Kier molecular flexibility index (Phi) is 4.54. The number of nitrogens with zero attached hydrogens (tertiary/aromatic N) is 2. The van der Waals surface area contributed by atoms with E-state index in [2.05, 4.69) is 36.1 Å². The number of hydrogen-bond donors (Lipinski definition) is 1. The molecule has 130 valence electrons. The summed E-state index contributed by atoms with van der Waals surface area (Å²) in [5.74, 6) is 5.78. The van der Waals surface area contributed by atoms with Crippen molar-refractivity contribution in [2.45, 2.75) is 39.7 Å². The highest BCUT2D eigenvalue weighted by Gasteiger charge is 2.35. The molecule has 0 fully saturated rings. The van der Waals surface area contributed by atoms with Crippen molar-refractivity contribution in [2.24, 2.45) is 5.41 Å². The Morgan fingerprint density at radius 3 is 2.72 bits per heavy atom. The summed E-state index contributed by atoms with van der Waals surface area (Å²) in [6, 6.07) is 7.76. The minimum absolute atomic E-state index is 0.0643. The zero-order chi connectivity index (χ0) is 18.0. The molecular weight excluding hydrogens is 314 g/mol. The number of fused-ring (bicyclic) bond motifs is 1. The van der Waals surface area contributed by atoms with Crippen LogP contribution in [0.1, 0.15) is 44.5 Å². The summed E-state index contributed by atoms with van der Waals surface area (Å²) < 4.78 is 7.18. The molecule has 1 N–H and O–H groups in total. The molecule has 1 amide bonds. The molecule has 0 spiro atoms. The van der Waals surface area contributed by atoms with Gasteiger partial charge in [0.1, 0.15) is 5.75 Å². The van der Waals surface area contributed by atoms with Crippen LogP contribution in [0, 0.1) is 17.3 Å². The Labute approximate surface area is 148 Å². The zero-order valence-corrected chi connectivity index (χ0v) is 15.1. The molecule has 1 unspecified atom stereocenters. The third-order valence-electron chi connectivity index (χ3n) is 4.54. The van der Waals surface area contributed by atoms with Gasteiger partial charge in [0.25, 0.3) is 5.91 Å². The van der Waals surface area contributed by atoms with Crippen LogP contribution in [0.25, 0.3) is 5.69 Å². The van der Waals surface area contributed by atoms with E-state index in [1.54, 1.807) is 14.0 Å². The maximum absolute atomic E-state index is 12.0. The molecule has 0 aliphatic heterocycles. The van der Waals surface area contributed by atoms with Gasteiger partial charge in [-0.05, 0) is 55.4 Å². The molecule has 0 bridgehead atoms. The van der Waals surface area contributed by atoms with Gasteiger partial charge < -0.3 is 10.1 Å². The predicted octanol–water partition coefficient (Wildman–Crippen LogP) is 3.03. The molecule has 0 saturated carbocycles. The third-order valence-corrected chi connectivity index (χ3v) is 4.54. The number of rotatable bonds is 3. The van der Waals surface area contributed by atoms with Crippen molar-refractivity contribution < 1.29 is 9.53 Å². The number of amides is 1. The average Bonchev–Trinajstić information content (AvgIpc) is 2.97. The van der Waals surface area contributed by atoms with Gasteiger partial charge in [0.2, 0.25) is 0 Å². The first-order valence-corrected chi connectivity index (χ1v) is 8.38. The largest absolute Gasteiger partial charge is 0.497 e. The Balaban J connectivity index is 1.98. The van der Waals surface area contributed by atoms with Crippen LogP contribution >= 0.6 is 0 Å². The number of carbonyl (C=O) groups excluding carboxylic acids is 1. The number of benzene rings is 1. The molecule has 0 saturated heterocycles. The third kappa shape index (κ3) is 3.53. The fraction of sp³-hybridized carbons (Fsp3) is 0.400. The molecular formula is C20H23N3O2. The molecule has 1 aromatic carbocycles. The van der Waals surface area contributed by atoms with Crippen LogP contribution in [-0.2, 0) is 11.2 Å². The fourth-order valence-corrected chi connectivity index (χ4v) is 3.43. The number of aromatic nitrogens is 2. The Morgan fingerprint density at radius 2 is 2.08 bits per heavy atom. The van der Waals surface area contributed by atoms with Crippen LogP contribution in [0.15, 0.2) is 30.5 Å². The lowest BCUT2D eigenvalue weighted by atomic mass is 9.74. The highest BCUT2D eigenvalue weighted by Crippen LogP contribution is 2.41. The smallest absolute Gasteiger partial charge is 0.296 e. The van der Waals surface area contributed by atoms with E-state index in [4.69, 9.17) is 4.74 Å². The van der Waals surface area contributed by atoms with Gasteiger partial charge in [0.15, 0.2) is 0 Å². The summed E-state index contributed by atoms with van der Waals surface area (Å²) in [5.41, 5.74) is 3.25. The van der Waals surface area contributed by atoms with Crippen molar-refractivity contribution in [1.29, 1.82) is 0 Å². The molecule has 25 heavy (non-hydrogen) atoms. The standard InChI is InChI=1S/C20H23N3O2/c1-5-6-19(24)22-17-11-20(2,3)12-18-16(17)13-21-23(18)14-7-9-15(25-4)10-8-14/h7-10,13,17H,11-12H2,1-4H3,(H,22,24). The monoisotopic (exact) mass is 337 g/mol. The van der Waals surface area contributed by atoms with Crippen molar-refractivity contribution in [1.82, 2.24) is 15.1 Å². The predicted molar refractivity (Wildman–Crippen MR) is 96.6 cm³/mol. The maximum atomic E-state index is 12.0. The number of methoxy groups -OCH3 is 1. The number of carbonyl (C=O) groups is 1. The topological polar surface area (TPSA) is 56.2 Å². The maximum Gasteiger partial charge on any atom is 0.296 e. The van der Waals surface area contributed by atoms with E-state index in [1.165, 1.54) is 0 Å². The lowest BCUT2D eigenvalue weighted by Crippen LogP contribution is -2.36. The van der Waals surface area contributed by atoms with Gasteiger partial charge in [-0.15, -0.1) is 0 Å². The van der Waals surface area contributed by atoms with Crippen LogP contribution in [0.4, 0.5) is 0 Å². The summed E-state index contributed by atoms with van der Waals surface area (Å²) in [6.45, 7) is 6.09. The van der Waals surface area contributed by atoms with Crippen LogP contribution in [-0.4, -0.2) is 22.8 Å². The second-order valence-electron chi connectivity index (χ2n) is 7.10. The van der Waals surface area contributed by atoms with E-state index in [-0.39, 0.29) is 17.4 Å². The normalized spacial score (nSPS) is 17.8. The van der Waals surface area contributed by atoms with Gasteiger partial charge in [-0.1, -0.05) is 19.8 Å². The summed E-state index contributed by atoms with van der Waals surface area (Å²) in [7, 11) is 1.65. The molecule has 1 heterocycles. The number of hydrogen-bond acceptors (Lipinski definition) is 3. The fourth-order valence-electron chi connectivity index (χ4n) is 3.43. The lowest BCUT2D eigenvalue weighted by molar-refractivity contribution is -0.116. The van der Waals surface area contributed by atoms with Crippen molar-refractivity contribution in [3.63, 3.8) is 0 Å². The molecule has 5 heteroatoms. The van der Waals surface area contributed by atoms with E-state index in [0.717, 1.165) is 35.5 Å². The van der Waals surface area contributed by atoms with Crippen LogP contribution in [0.5, 0.6) is 5.75 Å². The second-order valence-corrected chi connectivity index (χ2v) is 7.10. The van der Waals surface area contributed by atoms with Crippen molar-refractivity contribution in [2.75, 3.05) is 7.11 Å². The van der Waals surface area contributed by atoms with Crippen molar-refractivity contribution in [3.05, 3.63) is 41.7 Å². The average molecular weight is 337 g/mol. The quantitative estimate of drug-likeness (QED) is 0.876. The molecule has 1 aliphatic carbocycles. The van der Waals surface area contributed by atoms with Gasteiger partial charge in [-0.2, -0.15) is 5.10 Å². The van der Waals surface area contributed by atoms with Crippen LogP contribution < -0.4 is 10.1 Å². The van der Waals surface area contributed by atoms with Gasteiger partial charge >= 0.3 is 0 Å². The van der Waals surface area contributed by atoms with Gasteiger partial charge in [0, 0.05) is 5.56 Å². The van der Waals surface area contributed by atoms with Crippen molar-refractivity contribution in [3.8, 4) is 23.3 Å². The van der Waals surface area contributed by atoms with Gasteiger partial charge in [-0.3, -0.25) is 4.79 Å². The molecule has 3 rings (SSSR count). The second kappa shape index (κ2) is 6.64. The Hall–Kier alpha value is -2.74. The molecule has 1 aromatic heterocycles. The summed E-state index contributed by atoms with van der Waals surface area (Å²) in [6.07, 6.45) is 3.63. The Morgan fingerprint density at radius 1 is 1.36 bits per heavy atom. The first kappa shape index (κ1) is 17.1. The molecule has 5 nitrogen and oxygen atoms in total. The van der Waals surface area contributed by atoms with E-state index < -0.39 is 0 Å². The summed E-state index contributed by atoms with van der Waals surface area (Å²) >= 11 is 0. The SMILES string of the molecule is CC#CC(=O)NC1CC(C)(C)Cc2c1cnn2-c1ccc(OC)cc1. The number of ether oxygens (including phenoxy) is 1. The first-order chi connectivity index (χ1) is 11.9. The van der Waals surface area contributed by atoms with E-state index >= 15 is 0 Å². The summed E-state index contributed by atoms with van der Waals surface area (Å²) in [5, 5.41) is 7.61. The molecule has 0 radical (unpaired) electrons. The lowest BCUT2D eigenvalue weighted by Gasteiger charge is -2.35. The van der Waals surface area contributed by atoms with E-state index in [0.29, 0.717) is 0 Å².